The van der Waals surface area contributed by atoms with Gasteiger partial charge in [-0.2, -0.15) is 0 Å². The molecule has 0 fully saturated rings. The lowest BCUT2D eigenvalue weighted by atomic mass is 10.1. The van der Waals surface area contributed by atoms with E-state index in [-0.39, 0.29) is 18.0 Å². The monoisotopic (exact) mass is 256 g/mol. The van der Waals surface area contributed by atoms with Crippen LogP contribution in [0.4, 0.5) is 0 Å². The zero-order valence-electron chi connectivity index (χ0n) is 9.77. The van der Waals surface area contributed by atoms with Crippen molar-refractivity contribution in [2.24, 2.45) is 0 Å². The van der Waals surface area contributed by atoms with E-state index in [4.69, 9.17) is 0 Å². The van der Waals surface area contributed by atoms with Crippen molar-refractivity contribution < 1.29 is 9.90 Å². The summed E-state index contributed by atoms with van der Waals surface area (Å²) in [6.45, 7) is 3.69. The summed E-state index contributed by atoms with van der Waals surface area (Å²) in [5, 5.41) is 11.0. The molecule has 0 radical (unpaired) electrons. The number of carbonyl (C=O) groups excluding carboxylic acids is 1. The zero-order valence-corrected chi connectivity index (χ0v) is 10.6. The van der Waals surface area contributed by atoms with E-state index in [9.17, 15) is 9.90 Å². The first-order valence-corrected chi connectivity index (χ1v) is 6.57. The van der Waals surface area contributed by atoms with Crippen LogP contribution in [-0.4, -0.2) is 10.9 Å². The summed E-state index contributed by atoms with van der Waals surface area (Å²) in [5.74, 6) is 0.0902. The number of rotatable bonds is 2. The Morgan fingerprint density at radius 3 is 2.78 bits per heavy atom. The number of fused-ring (bicyclic) bond motifs is 1. The topological polar surface area (TPSA) is 37.3 Å². The van der Waals surface area contributed by atoms with Crippen LogP contribution in [0.3, 0.4) is 0 Å². The minimum absolute atomic E-state index is 0.00467. The highest BCUT2D eigenvalue weighted by molar-refractivity contribution is 7.19. The lowest BCUT2D eigenvalue weighted by molar-refractivity contribution is -0.114. The molecule has 0 atom stereocenters. The van der Waals surface area contributed by atoms with Crippen molar-refractivity contribution in [1.29, 1.82) is 0 Å². The standard InChI is InChI=1S/C15H12O2S/c1-9-6-13(16)12(15(9)17)8-11-7-10-4-2-3-5-14(10)18-11/h2-5,7,17H,1,6,8H2. The predicted molar refractivity (Wildman–Crippen MR) is 73.9 cm³/mol. The maximum atomic E-state index is 11.7. The largest absolute Gasteiger partial charge is 0.507 e. The highest BCUT2D eigenvalue weighted by Crippen LogP contribution is 2.32. The van der Waals surface area contributed by atoms with Gasteiger partial charge in [0.15, 0.2) is 5.78 Å². The average molecular weight is 256 g/mol. The Bertz CT molecular complexity index is 658. The molecule has 1 aromatic heterocycles. The summed E-state index contributed by atoms with van der Waals surface area (Å²) in [7, 11) is 0. The fourth-order valence-corrected chi connectivity index (χ4v) is 3.29. The van der Waals surface area contributed by atoms with E-state index in [1.165, 1.54) is 10.1 Å². The number of carbonyl (C=O) groups is 1. The van der Waals surface area contributed by atoms with Crippen molar-refractivity contribution in [1.82, 2.24) is 0 Å². The number of ketones is 1. The van der Waals surface area contributed by atoms with Gasteiger partial charge in [0.1, 0.15) is 5.76 Å². The van der Waals surface area contributed by atoms with Crippen LogP contribution in [0.25, 0.3) is 10.1 Å². The number of hydrogen-bond donors (Lipinski definition) is 1. The van der Waals surface area contributed by atoms with Crippen LogP contribution in [-0.2, 0) is 11.2 Å². The van der Waals surface area contributed by atoms with Gasteiger partial charge in [0, 0.05) is 28.0 Å². The summed E-state index contributed by atoms with van der Waals surface area (Å²) >= 11 is 1.66. The second-order valence-corrected chi connectivity index (χ2v) is 5.63. The Morgan fingerprint density at radius 1 is 1.33 bits per heavy atom. The van der Waals surface area contributed by atoms with E-state index in [1.807, 2.05) is 12.1 Å². The van der Waals surface area contributed by atoms with E-state index >= 15 is 0 Å². The van der Waals surface area contributed by atoms with Gasteiger partial charge in [-0.3, -0.25) is 4.79 Å². The molecule has 0 saturated carbocycles. The number of allylic oxidation sites excluding steroid dienone is 2. The van der Waals surface area contributed by atoms with Gasteiger partial charge in [0.05, 0.1) is 0 Å². The predicted octanol–water partition coefficient (Wildman–Crippen LogP) is 3.78. The van der Waals surface area contributed by atoms with Crippen LogP contribution in [0.1, 0.15) is 11.3 Å². The van der Waals surface area contributed by atoms with Gasteiger partial charge in [0.25, 0.3) is 0 Å². The van der Waals surface area contributed by atoms with Gasteiger partial charge in [-0.15, -0.1) is 11.3 Å². The molecule has 1 heterocycles. The third kappa shape index (κ3) is 1.77. The van der Waals surface area contributed by atoms with E-state index in [0.29, 0.717) is 17.6 Å². The SMILES string of the molecule is C=C1CC(=O)C(Cc2cc3ccccc3s2)=C1O. The van der Waals surface area contributed by atoms with Crippen LogP contribution in [0, 0.1) is 0 Å². The summed E-state index contributed by atoms with van der Waals surface area (Å²) in [5.41, 5.74) is 1.04. The van der Waals surface area contributed by atoms with Gasteiger partial charge >= 0.3 is 0 Å². The van der Waals surface area contributed by atoms with Crippen molar-refractivity contribution in [3.05, 3.63) is 58.7 Å². The van der Waals surface area contributed by atoms with Crippen molar-refractivity contribution in [3.8, 4) is 0 Å². The zero-order chi connectivity index (χ0) is 12.7. The van der Waals surface area contributed by atoms with Crippen LogP contribution >= 0.6 is 11.3 Å². The molecule has 18 heavy (non-hydrogen) atoms. The summed E-state index contributed by atoms with van der Waals surface area (Å²) in [4.78, 5) is 12.8. The molecule has 0 spiro atoms. The average Bonchev–Trinajstić information content (AvgIpc) is 2.86. The number of Topliss-reactive ketones (excluding diaryl/α,β-unsaturated/α-hetero) is 1. The molecule has 1 N–H and O–H groups in total. The van der Waals surface area contributed by atoms with Crippen molar-refractivity contribution >= 4 is 27.2 Å². The van der Waals surface area contributed by atoms with Crippen LogP contribution in [0.15, 0.2) is 53.8 Å². The second-order valence-electron chi connectivity index (χ2n) is 4.46. The molecule has 0 saturated heterocycles. The number of hydrogen-bond acceptors (Lipinski definition) is 3. The third-order valence-electron chi connectivity index (χ3n) is 3.16. The molecule has 3 heteroatoms. The third-order valence-corrected chi connectivity index (χ3v) is 4.27. The Morgan fingerprint density at radius 2 is 2.11 bits per heavy atom. The minimum atomic E-state index is -0.00467. The van der Waals surface area contributed by atoms with Crippen molar-refractivity contribution in [3.63, 3.8) is 0 Å². The Labute approximate surface area is 109 Å². The van der Waals surface area contributed by atoms with Gasteiger partial charge in [-0.05, 0) is 23.1 Å². The van der Waals surface area contributed by atoms with E-state index < -0.39 is 0 Å². The molecule has 1 aromatic carbocycles. The number of aliphatic hydroxyl groups excluding tert-OH is 1. The molecule has 2 nitrogen and oxygen atoms in total. The first kappa shape index (κ1) is 11.2. The molecule has 1 aliphatic carbocycles. The Hall–Kier alpha value is -1.87. The maximum Gasteiger partial charge on any atom is 0.167 e. The molecular weight excluding hydrogens is 244 g/mol. The van der Waals surface area contributed by atoms with Crippen LogP contribution in [0.5, 0.6) is 0 Å². The van der Waals surface area contributed by atoms with E-state index in [1.54, 1.807) is 11.3 Å². The lowest BCUT2D eigenvalue weighted by Crippen LogP contribution is -1.99. The fourth-order valence-electron chi connectivity index (χ4n) is 2.21. The first-order valence-electron chi connectivity index (χ1n) is 5.76. The van der Waals surface area contributed by atoms with Crippen molar-refractivity contribution in [2.45, 2.75) is 12.8 Å². The lowest BCUT2D eigenvalue weighted by Gasteiger charge is -1.98. The Kier molecular flexibility index (Phi) is 2.56. The fraction of sp³-hybridized carbons (Fsp3) is 0.133. The van der Waals surface area contributed by atoms with Gasteiger partial charge in [-0.25, -0.2) is 0 Å². The quantitative estimate of drug-likeness (QED) is 0.887. The van der Waals surface area contributed by atoms with Gasteiger partial charge in [-0.1, -0.05) is 24.8 Å². The Balaban J connectivity index is 1.97. The van der Waals surface area contributed by atoms with Crippen molar-refractivity contribution in [2.75, 3.05) is 0 Å². The molecule has 0 unspecified atom stereocenters. The minimum Gasteiger partial charge on any atom is -0.507 e. The number of thiophene rings is 1. The highest BCUT2D eigenvalue weighted by Gasteiger charge is 2.26. The molecule has 2 aromatic rings. The molecule has 0 amide bonds. The van der Waals surface area contributed by atoms with E-state index in [0.717, 1.165) is 4.88 Å². The smallest absolute Gasteiger partial charge is 0.167 e. The normalized spacial score (nSPS) is 16.0. The summed E-state index contributed by atoms with van der Waals surface area (Å²) in [6.07, 6.45) is 0.759. The molecule has 3 rings (SSSR count). The second kappa shape index (κ2) is 4.10. The van der Waals surface area contributed by atoms with E-state index in [2.05, 4.69) is 24.8 Å². The summed E-state index contributed by atoms with van der Waals surface area (Å²) in [6, 6.07) is 10.2. The highest BCUT2D eigenvalue weighted by atomic mass is 32.1. The van der Waals surface area contributed by atoms with Crippen LogP contribution < -0.4 is 0 Å². The molecular formula is C15H12O2S. The molecule has 1 aliphatic rings. The first-order chi connectivity index (χ1) is 8.65. The number of benzene rings is 1. The molecule has 0 bridgehead atoms. The van der Waals surface area contributed by atoms with Gasteiger partial charge < -0.3 is 5.11 Å². The summed E-state index contributed by atoms with van der Waals surface area (Å²) < 4.78 is 1.21. The van der Waals surface area contributed by atoms with Crippen LogP contribution in [0.2, 0.25) is 0 Å². The molecule has 90 valence electrons. The maximum absolute atomic E-state index is 11.7. The molecule has 0 aliphatic heterocycles. The number of aliphatic hydroxyl groups is 1. The van der Waals surface area contributed by atoms with Gasteiger partial charge in [0.2, 0.25) is 0 Å².